The van der Waals surface area contributed by atoms with E-state index < -0.39 is 78.8 Å². The molecule has 15 heteroatoms. The molecular weight excluding hydrogens is 594 g/mol. The molecule has 1 fully saturated rings. The number of carbonyl (C=O) groups excluding carboxylic acids is 1. The van der Waals surface area contributed by atoms with Gasteiger partial charge in [0.2, 0.25) is 5.79 Å². The van der Waals surface area contributed by atoms with Crippen LogP contribution in [0.2, 0.25) is 0 Å². The van der Waals surface area contributed by atoms with Crippen molar-refractivity contribution in [2.24, 2.45) is 0 Å². The van der Waals surface area contributed by atoms with E-state index in [1.807, 2.05) is 0 Å². The van der Waals surface area contributed by atoms with E-state index >= 15 is 0 Å². The van der Waals surface area contributed by atoms with Crippen LogP contribution in [0, 0.1) is 0 Å². The number of hydrogen-bond acceptors (Lipinski definition) is 12. The number of rotatable bonds is 6. The number of benzene rings is 2. The standard InChI is InChI=1S/C30H31N3O12/c34-11-21-25(39)26(40)28(41)30(44-21)9-20(37)23-24-15(8-19(36)27(23)45-30)7-17(29(42)43)33(24)22(38)4-2-13-1-3-18(35)14(5-13)6-16-10-31-12-32-16/h1-5,8,10,12,17,20-21,25-26,28,34-37,39-41H,6-7,9,11H2,(H,31,32)(H,42,43). The SMILES string of the molecule is O=C(O)C1Cc2cc(O)c3c(c2N1C(=O)C=Cc1ccc(O)c(Cc2cnc[nH]2)c1)C(O)CC1(O3)OC(CO)C(O)C(O)C1O. The third kappa shape index (κ3) is 5.18. The fourth-order valence-electron chi connectivity index (χ4n) is 6.22. The molecule has 3 aromatic rings. The van der Waals surface area contributed by atoms with Crippen LogP contribution in [-0.2, 0) is 27.2 Å². The van der Waals surface area contributed by atoms with Crippen molar-refractivity contribution in [2.75, 3.05) is 11.5 Å². The molecular formula is C30H31N3O12. The highest BCUT2D eigenvalue weighted by Crippen LogP contribution is 2.55. The normalized spacial score (nSPS) is 29.0. The van der Waals surface area contributed by atoms with Crippen LogP contribution in [0.5, 0.6) is 17.2 Å². The molecule has 7 atom stereocenters. The number of carboxylic acids is 1. The molecule has 0 saturated carbocycles. The summed E-state index contributed by atoms with van der Waals surface area (Å²) >= 11 is 0. The van der Waals surface area contributed by atoms with Crippen molar-refractivity contribution in [3.05, 3.63) is 70.8 Å². The number of fused-ring (bicyclic) bond motifs is 3. The summed E-state index contributed by atoms with van der Waals surface area (Å²) in [5.74, 6) is -5.27. The predicted molar refractivity (Wildman–Crippen MR) is 152 cm³/mol. The Labute approximate surface area is 254 Å². The Morgan fingerprint density at radius 3 is 2.58 bits per heavy atom. The van der Waals surface area contributed by atoms with E-state index in [0.717, 1.165) is 16.7 Å². The third-order valence-corrected chi connectivity index (χ3v) is 8.42. The van der Waals surface area contributed by atoms with Gasteiger partial charge in [0.15, 0.2) is 11.5 Å². The summed E-state index contributed by atoms with van der Waals surface area (Å²) in [7, 11) is 0. The lowest BCUT2D eigenvalue weighted by Crippen LogP contribution is -2.68. The number of aromatic hydroxyl groups is 2. The molecule has 0 bridgehead atoms. The Morgan fingerprint density at radius 1 is 1.11 bits per heavy atom. The molecule has 1 saturated heterocycles. The smallest absolute Gasteiger partial charge is 0.327 e. The van der Waals surface area contributed by atoms with Gasteiger partial charge in [0.05, 0.1) is 30.3 Å². The summed E-state index contributed by atoms with van der Waals surface area (Å²) < 4.78 is 11.5. The molecule has 6 rings (SSSR count). The number of phenolic OH excluding ortho intramolecular Hbond substituents is 2. The molecule has 45 heavy (non-hydrogen) atoms. The number of anilines is 1. The molecule has 9 N–H and O–H groups in total. The Balaban J connectivity index is 1.35. The van der Waals surface area contributed by atoms with Crippen molar-refractivity contribution in [1.29, 1.82) is 0 Å². The molecule has 3 aliphatic heterocycles. The van der Waals surface area contributed by atoms with Gasteiger partial charge in [0, 0.05) is 42.8 Å². The van der Waals surface area contributed by atoms with Crippen LogP contribution in [0.1, 0.15) is 40.5 Å². The van der Waals surface area contributed by atoms with Crippen LogP contribution >= 0.6 is 0 Å². The number of aliphatic carboxylic acids is 1. The molecule has 1 amide bonds. The van der Waals surface area contributed by atoms with E-state index in [4.69, 9.17) is 9.47 Å². The number of hydrogen-bond donors (Lipinski definition) is 9. The maximum absolute atomic E-state index is 13.7. The van der Waals surface area contributed by atoms with Gasteiger partial charge >= 0.3 is 5.97 Å². The van der Waals surface area contributed by atoms with Crippen LogP contribution in [0.15, 0.2) is 42.9 Å². The maximum atomic E-state index is 13.7. The van der Waals surface area contributed by atoms with Crippen LogP contribution < -0.4 is 9.64 Å². The highest BCUT2D eigenvalue weighted by molar-refractivity contribution is 6.10. The predicted octanol–water partition coefficient (Wildman–Crippen LogP) is -0.547. The van der Waals surface area contributed by atoms with Gasteiger partial charge < -0.3 is 55.3 Å². The lowest BCUT2D eigenvalue weighted by atomic mass is 9.84. The largest absolute Gasteiger partial charge is 0.508 e. The van der Waals surface area contributed by atoms with Crippen LogP contribution in [0.3, 0.4) is 0 Å². The fourth-order valence-corrected chi connectivity index (χ4v) is 6.22. The van der Waals surface area contributed by atoms with E-state index in [1.54, 1.807) is 18.3 Å². The van der Waals surface area contributed by atoms with E-state index in [2.05, 4.69) is 9.97 Å². The highest BCUT2D eigenvalue weighted by atomic mass is 16.7. The summed E-state index contributed by atoms with van der Waals surface area (Å²) in [4.78, 5) is 33.8. The average Bonchev–Trinajstić information content (AvgIpc) is 3.66. The molecule has 4 heterocycles. The number of ether oxygens (including phenoxy) is 2. The van der Waals surface area contributed by atoms with Crippen molar-refractivity contribution < 1.29 is 59.9 Å². The van der Waals surface area contributed by atoms with E-state index in [0.29, 0.717) is 17.5 Å². The topological polar surface area (TPSA) is 246 Å². The van der Waals surface area contributed by atoms with Gasteiger partial charge in [-0.3, -0.25) is 9.69 Å². The molecule has 0 radical (unpaired) electrons. The first-order chi connectivity index (χ1) is 21.4. The molecule has 15 nitrogen and oxygen atoms in total. The first-order valence-corrected chi connectivity index (χ1v) is 14.1. The van der Waals surface area contributed by atoms with Crippen molar-refractivity contribution >= 4 is 23.6 Å². The summed E-state index contributed by atoms with van der Waals surface area (Å²) in [6, 6.07) is 4.46. The maximum Gasteiger partial charge on any atom is 0.327 e. The number of aromatic nitrogens is 2. The van der Waals surface area contributed by atoms with Gasteiger partial charge in [-0.05, 0) is 35.4 Å². The molecule has 2 aromatic carbocycles. The number of carboxylic acid groups (broad SMARTS) is 1. The van der Waals surface area contributed by atoms with Crippen LogP contribution in [-0.4, -0.2) is 106 Å². The zero-order valence-electron chi connectivity index (χ0n) is 23.5. The Kier molecular flexibility index (Phi) is 7.76. The van der Waals surface area contributed by atoms with E-state index in [9.17, 15) is 50.4 Å². The lowest BCUT2D eigenvalue weighted by molar-refractivity contribution is -0.349. The third-order valence-electron chi connectivity index (χ3n) is 8.42. The Morgan fingerprint density at radius 2 is 1.89 bits per heavy atom. The first kappa shape index (κ1) is 30.5. The van der Waals surface area contributed by atoms with Crippen molar-refractivity contribution in [1.82, 2.24) is 9.97 Å². The molecule has 238 valence electrons. The van der Waals surface area contributed by atoms with Gasteiger partial charge in [-0.1, -0.05) is 6.07 Å². The number of imidazole rings is 1. The number of aromatic amines is 1. The Hall–Kier alpha value is -4.51. The second kappa shape index (κ2) is 11.4. The minimum atomic E-state index is -2.21. The molecule has 1 aromatic heterocycles. The first-order valence-electron chi connectivity index (χ1n) is 14.1. The van der Waals surface area contributed by atoms with Crippen LogP contribution in [0.25, 0.3) is 6.08 Å². The number of amides is 1. The quantitative estimate of drug-likeness (QED) is 0.156. The van der Waals surface area contributed by atoms with Gasteiger partial charge in [-0.15, -0.1) is 0 Å². The minimum Gasteiger partial charge on any atom is -0.508 e. The molecule has 1 spiro atoms. The molecule has 0 aliphatic carbocycles. The van der Waals surface area contributed by atoms with E-state index in [-0.39, 0.29) is 29.0 Å². The number of aliphatic hydroxyl groups is 5. The van der Waals surface area contributed by atoms with Gasteiger partial charge in [0.25, 0.3) is 5.91 Å². The van der Waals surface area contributed by atoms with Gasteiger partial charge in [-0.25, -0.2) is 9.78 Å². The molecule has 3 aliphatic rings. The van der Waals surface area contributed by atoms with Crippen molar-refractivity contribution in [3.63, 3.8) is 0 Å². The second-order valence-corrected chi connectivity index (χ2v) is 11.3. The zero-order chi connectivity index (χ0) is 32.2. The minimum absolute atomic E-state index is 0.0116. The highest BCUT2D eigenvalue weighted by Gasteiger charge is 2.59. The number of aliphatic hydroxyl groups excluding tert-OH is 5. The second-order valence-electron chi connectivity index (χ2n) is 11.3. The van der Waals surface area contributed by atoms with Crippen molar-refractivity contribution in [3.8, 4) is 17.2 Å². The number of carbonyl (C=O) groups is 2. The zero-order valence-corrected chi connectivity index (χ0v) is 23.5. The fraction of sp³-hybridized carbons (Fsp3) is 0.367. The monoisotopic (exact) mass is 625 g/mol. The van der Waals surface area contributed by atoms with Crippen LogP contribution in [0.4, 0.5) is 5.69 Å². The summed E-state index contributed by atoms with van der Waals surface area (Å²) in [5.41, 5.74) is 1.92. The number of phenols is 2. The lowest BCUT2D eigenvalue weighted by Gasteiger charge is -2.50. The number of H-pyrrole nitrogens is 1. The average molecular weight is 626 g/mol. The van der Waals surface area contributed by atoms with Crippen molar-refractivity contribution in [2.45, 2.75) is 61.6 Å². The summed E-state index contributed by atoms with van der Waals surface area (Å²) in [5, 5.41) is 83.6. The summed E-state index contributed by atoms with van der Waals surface area (Å²) in [6.07, 6.45) is -3.22. The summed E-state index contributed by atoms with van der Waals surface area (Å²) in [6.45, 7) is -0.768. The van der Waals surface area contributed by atoms with Gasteiger partial charge in [0.1, 0.15) is 36.2 Å². The molecule has 7 unspecified atom stereocenters. The number of nitrogens with one attached hydrogen (secondary N) is 1. The number of nitrogens with zero attached hydrogens (tertiary/aromatic N) is 2. The van der Waals surface area contributed by atoms with E-state index in [1.165, 1.54) is 24.5 Å². The van der Waals surface area contributed by atoms with Gasteiger partial charge in [-0.2, -0.15) is 0 Å². The Bertz CT molecular complexity index is 1660.